The van der Waals surface area contributed by atoms with Gasteiger partial charge in [0, 0.05) is 16.8 Å². The minimum Gasteiger partial charge on any atom is -0.260 e. The summed E-state index contributed by atoms with van der Waals surface area (Å²) in [6, 6.07) is 2.05. The summed E-state index contributed by atoms with van der Waals surface area (Å²) in [6.07, 6.45) is 1.85. The van der Waals surface area contributed by atoms with Crippen molar-refractivity contribution in [3.63, 3.8) is 0 Å². The fourth-order valence-corrected chi connectivity index (χ4v) is 1.66. The van der Waals surface area contributed by atoms with Crippen LogP contribution < -0.4 is 0 Å². The van der Waals surface area contributed by atoms with E-state index in [9.17, 15) is 0 Å². The number of pyridine rings is 1. The molecule has 54 valence electrons. The topological polar surface area (TPSA) is 12.9 Å². The van der Waals surface area contributed by atoms with Crippen molar-refractivity contribution in [2.75, 3.05) is 0 Å². The van der Waals surface area contributed by atoms with Crippen molar-refractivity contribution in [1.82, 2.24) is 4.98 Å². The number of hydrogen-bond acceptors (Lipinski definition) is 3. The van der Waals surface area contributed by atoms with Crippen molar-refractivity contribution in [3.05, 3.63) is 23.5 Å². The Balaban J connectivity index is 3.07. The molecule has 0 atom stereocenters. The summed E-state index contributed by atoms with van der Waals surface area (Å²) in [5.74, 6) is 0. The Morgan fingerprint density at radius 1 is 1.50 bits per heavy atom. The molecule has 0 saturated heterocycles. The number of nitrogens with zero attached hydrogens (tertiary/aromatic N) is 1. The maximum Gasteiger partial charge on any atom is 0.0418 e. The molecular weight excluding hydrogens is 162 g/mol. The average molecular weight is 171 g/mol. The monoisotopic (exact) mass is 171 g/mol. The first-order valence-electron chi connectivity index (χ1n) is 2.98. The quantitative estimate of drug-likeness (QED) is 0.515. The van der Waals surface area contributed by atoms with E-state index in [-0.39, 0.29) is 0 Å². The molecule has 1 aromatic heterocycles. The molecule has 1 aromatic rings. The molecule has 1 heterocycles. The molecule has 10 heavy (non-hydrogen) atoms. The molecule has 0 aliphatic rings. The number of hydrogen-bond donors (Lipinski definition) is 1. The number of aryl methyl sites for hydroxylation is 2. The Bertz CT molecular complexity index is 235. The third kappa shape index (κ3) is 1.67. The summed E-state index contributed by atoms with van der Waals surface area (Å²) >= 11 is 4.09. The van der Waals surface area contributed by atoms with Crippen molar-refractivity contribution < 1.29 is 0 Å². The fraction of sp³-hybridized carbons (Fsp3) is 0.286. The molecule has 0 amide bonds. The molecule has 0 unspecified atom stereocenters. The first kappa shape index (κ1) is 7.95. The van der Waals surface area contributed by atoms with Gasteiger partial charge < -0.3 is 0 Å². The van der Waals surface area contributed by atoms with Crippen LogP contribution in [0.4, 0.5) is 0 Å². The number of aromatic nitrogens is 1. The van der Waals surface area contributed by atoms with E-state index >= 15 is 0 Å². The van der Waals surface area contributed by atoms with Crippen molar-refractivity contribution in [3.8, 4) is 0 Å². The highest BCUT2D eigenvalue weighted by molar-refractivity contribution is 8.68. The molecule has 0 N–H and O–H groups in total. The molecular formula is C7H9NS2. The first-order chi connectivity index (χ1) is 4.74. The lowest BCUT2D eigenvalue weighted by Crippen LogP contribution is -1.83. The number of rotatable bonds is 1. The fourth-order valence-electron chi connectivity index (χ4n) is 0.780. The zero-order chi connectivity index (χ0) is 7.56. The van der Waals surface area contributed by atoms with Gasteiger partial charge in [-0.3, -0.25) is 4.98 Å². The van der Waals surface area contributed by atoms with Crippen LogP contribution in [-0.2, 0) is 0 Å². The van der Waals surface area contributed by atoms with Crippen LogP contribution in [0.5, 0.6) is 0 Å². The van der Waals surface area contributed by atoms with E-state index in [1.165, 1.54) is 16.4 Å². The molecule has 1 nitrogen and oxygen atoms in total. The van der Waals surface area contributed by atoms with E-state index in [1.54, 1.807) is 0 Å². The SMILES string of the molecule is Cc1cc(C)c(SS)cn1. The van der Waals surface area contributed by atoms with Crippen LogP contribution in [0.25, 0.3) is 0 Å². The summed E-state index contributed by atoms with van der Waals surface area (Å²) in [6.45, 7) is 4.05. The second-order valence-electron chi connectivity index (χ2n) is 2.18. The molecule has 0 bridgehead atoms. The minimum absolute atomic E-state index is 1.06. The van der Waals surface area contributed by atoms with E-state index < -0.39 is 0 Å². The third-order valence-corrected chi connectivity index (χ3v) is 2.51. The largest absolute Gasteiger partial charge is 0.260 e. The molecule has 0 spiro atoms. The van der Waals surface area contributed by atoms with E-state index in [0.717, 1.165) is 10.6 Å². The Hall–Kier alpha value is -0.150. The van der Waals surface area contributed by atoms with Gasteiger partial charge in [-0.1, -0.05) is 10.8 Å². The zero-order valence-corrected chi connectivity index (χ0v) is 7.67. The second kappa shape index (κ2) is 3.30. The van der Waals surface area contributed by atoms with Gasteiger partial charge in [0.15, 0.2) is 0 Å². The van der Waals surface area contributed by atoms with Crippen molar-refractivity contribution >= 4 is 22.5 Å². The highest BCUT2D eigenvalue weighted by Gasteiger charge is 1.95. The van der Waals surface area contributed by atoms with Crippen molar-refractivity contribution in [2.45, 2.75) is 18.7 Å². The summed E-state index contributed by atoms with van der Waals surface area (Å²) < 4.78 is 0. The molecule has 0 radical (unpaired) electrons. The van der Waals surface area contributed by atoms with Crippen LogP contribution in [0.2, 0.25) is 0 Å². The minimum atomic E-state index is 1.06. The van der Waals surface area contributed by atoms with E-state index in [2.05, 4.69) is 29.6 Å². The first-order valence-corrected chi connectivity index (χ1v) is 4.85. The molecule has 0 aliphatic heterocycles. The Kier molecular flexibility index (Phi) is 2.63. The van der Waals surface area contributed by atoms with Gasteiger partial charge in [0.1, 0.15) is 0 Å². The van der Waals surface area contributed by atoms with Gasteiger partial charge in [0.2, 0.25) is 0 Å². The smallest absolute Gasteiger partial charge is 0.0418 e. The molecule has 1 rings (SSSR count). The summed E-state index contributed by atoms with van der Waals surface area (Å²) in [5.41, 5.74) is 2.30. The molecule has 0 aromatic carbocycles. The van der Waals surface area contributed by atoms with Gasteiger partial charge in [-0.15, -0.1) is 11.7 Å². The molecule has 0 fully saturated rings. The van der Waals surface area contributed by atoms with Gasteiger partial charge in [0.25, 0.3) is 0 Å². The highest BCUT2D eigenvalue weighted by Crippen LogP contribution is 2.23. The van der Waals surface area contributed by atoms with E-state index in [0.29, 0.717) is 0 Å². The lowest BCUT2D eigenvalue weighted by atomic mass is 10.2. The molecule has 0 aliphatic carbocycles. The Labute approximate surface area is 70.1 Å². The predicted molar refractivity (Wildman–Crippen MR) is 48.6 cm³/mol. The van der Waals surface area contributed by atoms with Crippen LogP contribution in [0.1, 0.15) is 11.3 Å². The van der Waals surface area contributed by atoms with Crippen molar-refractivity contribution in [1.29, 1.82) is 0 Å². The Morgan fingerprint density at radius 2 is 2.20 bits per heavy atom. The van der Waals surface area contributed by atoms with Gasteiger partial charge in [-0.2, -0.15) is 0 Å². The molecule has 3 heteroatoms. The van der Waals surface area contributed by atoms with Gasteiger partial charge in [-0.25, -0.2) is 0 Å². The standard InChI is InChI=1S/C7H9NS2/c1-5-3-6(2)8-4-7(5)10-9/h3-4,9H,1-2H3. The third-order valence-electron chi connectivity index (χ3n) is 1.30. The van der Waals surface area contributed by atoms with E-state index in [1.807, 2.05) is 13.1 Å². The lowest BCUT2D eigenvalue weighted by Gasteiger charge is -1.99. The summed E-state index contributed by atoms with van der Waals surface area (Å²) in [4.78, 5) is 5.27. The predicted octanol–water partition coefficient (Wildman–Crippen LogP) is 2.64. The van der Waals surface area contributed by atoms with Crippen LogP contribution in [-0.4, -0.2) is 4.98 Å². The zero-order valence-electron chi connectivity index (χ0n) is 5.96. The summed E-state index contributed by atoms with van der Waals surface area (Å²) in [5, 5.41) is 0. The lowest BCUT2D eigenvalue weighted by molar-refractivity contribution is 1.11. The summed E-state index contributed by atoms with van der Waals surface area (Å²) in [7, 11) is 1.44. The van der Waals surface area contributed by atoms with E-state index in [4.69, 9.17) is 0 Å². The van der Waals surface area contributed by atoms with Crippen LogP contribution in [0.15, 0.2) is 17.2 Å². The highest BCUT2D eigenvalue weighted by atomic mass is 33.1. The van der Waals surface area contributed by atoms with Crippen LogP contribution in [0, 0.1) is 13.8 Å². The van der Waals surface area contributed by atoms with Crippen LogP contribution >= 0.6 is 22.5 Å². The van der Waals surface area contributed by atoms with Crippen molar-refractivity contribution in [2.24, 2.45) is 0 Å². The van der Waals surface area contributed by atoms with Gasteiger partial charge in [0.05, 0.1) is 0 Å². The number of thiol groups is 1. The molecule has 0 saturated carbocycles. The van der Waals surface area contributed by atoms with Crippen LogP contribution in [0.3, 0.4) is 0 Å². The Morgan fingerprint density at radius 3 is 2.70 bits per heavy atom. The van der Waals surface area contributed by atoms with Gasteiger partial charge >= 0.3 is 0 Å². The maximum atomic E-state index is 4.14. The second-order valence-corrected chi connectivity index (χ2v) is 3.35. The van der Waals surface area contributed by atoms with Gasteiger partial charge in [-0.05, 0) is 25.5 Å². The average Bonchev–Trinajstić information content (AvgIpc) is 1.88. The normalized spacial score (nSPS) is 9.90. The maximum absolute atomic E-state index is 4.14.